The molecule has 126 valence electrons. The molecule has 24 heavy (non-hydrogen) atoms. The molecule has 0 radical (unpaired) electrons. The van der Waals surface area contributed by atoms with Gasteiger partial charge in [-0.2, -0.15) is 0 Å². The quantitative estimate of drug-likeness (QED) is 0.882. The van der Waals surface area contributed by atoms with E-state index in [-0.39, 0.29) is 18.4 Å². The van der Waals surface area contributed by atoms with Gasteiger partial charge in [0, 0.05) is 18.5 Å². The van der Waals surface area contributed by atoms with Gasteiger partial charge < -0.3 is 19.5 Å². The standard InChI is InChI=1S/C18H20N2O4/c1-13(14-4-7-19-8-5-14)20-18(21)6-9-22-15-2-3-16-17(12-15)24-11-10-23-16/h2-5,7-8,12-13H,6,9-11H2,1H3,(H,20,21). The largest absolute Gasteiger partial charge is 0.493 e. The van der Waals surface area contributed by atoms with Gasteiger partial charge in [-0.05, 0) is 36.8 Å². The summed E-state index contributed by atoms with van der Waals surface area (Å²) in [5.74, 6) is 2.00. The van der Waals surface area contributed by atoms with Crippen molar-refractivity contribution in [2.75, 3.05) is 19.8 Å². The van der Waals surface area contributed by atoms with Crippen LogP contribution in [0.1, 0.15) is 24.9 Å². The van der Waals surface area contributed by atoms with Crippen LogP contribution in [-0.4, -0.2) is 30.7 Å². The number of carbonyl (C=O) groups is 1. The molecule has 1 aromatic carbocycles. The molecular formula is C18H20N2O4. The predicted molar refractivity (Wildman–Crippen MR) is 88.3 cm³/mol. The van der Waals surface area contributed by atoms with Gasteiger partial charge >= 0.3 is 0 Å². The van der Waals surface area contributed by atoms with Crippen molar-refractivity contribution in [2.24, 2.45) is 0 Å². The molecule has 0 spiro atoms. The molecule has 0 saturated heterocycles. The van der Waals surface area contributed by atoms with E-state index in [1.54, 1.807) is 18.5 Å². The van der Waals surface area contributed by atoms with Gasteiger partial charge in [0.1, 0.15) is 19.0 Å². The highest BCUT2D eigenvalue weighted by atomic mass is 16.6. The lowest BCUT2D eigenvalue weighted by Gasteiger charge is -2.19. The van der Waals surface area contributed by atoms with Crippen molar-refractivity contribution < 1.29 is 19.0 Å². The highest BCUT2D eigenvalue weighted by molar-refractivity contribution is 5.76. The molecule has 1 amide bonds. The van der Waals surface area contributed by atoms with Crippen LogP contribution in [0.2, 0.25) is 0 Å². The van der Waals surface area contributed by atoms with Gasteiger partial charge in [-0.15, -0.1) is 0 Å². The number of ether oxygens (including phenoxy) is 3. The van der Waals surface area contributed by atoms with Gasteiger partial charge in [-0.25, -0.2) is 0 Å². The Balaban J connectivity index is 1.45. The minimum atomic E-state index is -0.0604. The second kappa shape index (κ2) is 7.68. The minimum absolute atomic E-state index is 0.0585. The van der Waals surface area contributed by atoms with Crippen LogP contribution in [0.5, 0.6) is 17.2 Å². The average Bonchev–Trinajstić information content (AvgIpc) is 2.62. The molecule has 1 aliphatic rings. The van der Waals surface area contributed by atoms with Gasteiger partial charge in [0.05, 0.1) is 19.1 Å². The highest BCUT2D eigenvalue weighted by Gasteiger charge is 2.13. The number of pyridine rings is 1. The lowest BCUT2D eigenvalue weighted by molar-refractivity contribution is -0.122. The Morgan fingerprint density at radius 3 is 2.75 bits per heavy atom. The Kier molecular flexibility index (Phi) is 5.15. The number of rotatable bonds is 6. The molecule has 0 bridgehead atoms. The Hall–Kier alpha value is -2.76. The first-order chi connectivity index (χ1) is 11.7. The zero-order valence-corrected chi connectivity index (χ0v) is 13.5. The van der Waals surface area contributed by atoms with Crippen LogP contribution in [0.15, 0.2) is 42.7 Å². The number of amides is 1. The number of hydrogen-bond donors (Lipinski definition) is 1. The van der Waals surface area contributed by atoms with Crippen molar-refractivity contribution in [3.05, 3.63) is 48.3 Å². The third kappa shape index (κ3) is 4.16. The Morgan fingerprint density at radius 1 is 1.21 bits per heavy atom. The maximum Gasteiger partial charge on any atom is 0.223 e. The van der Waals surface area contributed by atoms with Crippen molar-refractivity contribution in [1.82, 2.24) is 10.3 Å². The summed E-state index contributed by atoms with van der Waals surface area (Å²) < 4.78 is 16.6. The molecule has 1 aromatic heterocycles. The third-order valence-corrected chi connectivity index (χ3v) is 3.70. The molecule has 2 heterocycles. The molecule has 6 nitrogen and oxygen atoms in total. The molecule has 0 aliphatic carbocycles. The first kappa shape index (κ1) is 16.1. The summed E-state index contributed by atoms with van der Waals surface area (Å²) in [6.45, 7) is 3.33. The number of hydrogen-bond acceptors (Lipinski definition) is 5. The zero-order valence-electron chi connectivity index (χ0n) is 13.5. The Morgan fingerprint density at radius 2 is 1.96 bits per heavy atom. The van der Waals surface area contributed by atoms with Crippen LogP contribution in [0.3, 0.4) is 0 Å². The number of nitrogens with one attached hydrogen (secondary N) is 1. The van der Waals surface area contributed by atoms with Crippen LogP contribution in [-0.2, 0) is 4.79 Å². The van der Waals surface area contributed by atoms with Gasteiger partial charge in [0.15, 0.2) is 11.5 Å². The maximum absolute atomic E-state index is 12.0. The van der Waals surface area contributed by atoms with E-state index in [4.69, 9.17) is 14.2 Å². The maximum atomic E-state index is 12.0. The number of benzene rings is 1. The molecule has 6 heteroatoms. The second-order valence-corrected chi connectivity index (χ2v) is 5.47. The average molecular weight is 328 g/mol. The van der Waals surface area contributed by atoms with E-state index < -0.39 is 0 Å². The fraction of sp³-hybridized carbons (Fsp3) is 0.333. The first-order valence-corrected chi connectivity index (χ1v) is 7.94. The third-order valence-electron chi connectivity index (χ3n) is 3.70. The van der Waals surface area contributed by atoms with Gasteiger partial charge in [-0.1, -0.05) is 0 Å². The highest BCUT2D eigenvalue weighted by Crippen LogP contribution is 2.33. The number of nitrogens with zero attached hydrogens (tertiary/aromatic N) is 1. The summed E-state index contributed by atoms with van der Waals surface area (Å²) in [5, 5.41) is 2.94. The van der Waals surface area contributed by atoms with Gasteiger partial charge in [0.25, 0.3) is 0 Å². The van der Waals surface area contributed by atoms with E-state index in [1.165, 1.54) is 0 Å². The van der Waals surface area contributed by atoms with Crippen LogP contribution in [0.4, 0.5) is 0 Å². The summed E-state index contributed by atoms with van der Waals surface area (Å²) in [6.07, 6.45) is 3.70. The summed E-state index contributed by atoms with van der Waals surface area (Å²) in [5.41, 5.74) is 1.02. The second-order valence-electron chi connectivity index (χ2n) is 5.47. The van der Waals surface area contributed by atoms with Crippen molar-refractivity contribution in [3.63, 3.8) is 0 Å². The molecule has 1 unspecified atom stereocenters. The molecule has 1 N–H and O–H groups in total. The van der Waals surface area contributed by atoms with Crippen LogP contribution >= 0.6 is 0 Å². The Bertz CT molecular complexity index is 691. The van der Waals surface area contributed by atoms with Crippen molar-refractivity contribution in [2.45, 2.75) is 19.4 Å². The number of fused-ring (bicyclic) bond motifs is 1. The molecule has 0 fully saturated rings. The zero-order chi connectivity index (χ0) is 16.8. The SMILES string of the molecule is CC(NC(=O)CCOc1ccc2c(c1)OCCO2)c1ccncc1. The summed E-state index contributed by atoms with van der Waals surface area (Å²) in [4.78, 5) is 16.0. The molecule has 1 aliphatic heterocycles. The van der Waals surface area contributed by atoms with Gasteiger partial charge in [-0.3, -0.25) is 9.78 Å². The normalized spacial score (nSPS) is 13.9. The fourth-order valence-corrected chi connectivity index (χ4v) is 2.42. The predicted octanol–water partition coefficient (Wildman–Crippen LogP) is 2.50. The molecule has 2 aromatic rings. The minimum Gasteiger partial charge on any atom is -0.493 e. The van der Waals surface area contributed by atoms with Crippen molar-refractivity contribution in [3.8, 4) is 17.2 Å². The van der Waals surface area contributed by atoms with E-state index in [1.807, 2.05) is 31.2 Å². The van der Waals surface area contributed by atoms with E-state index >= 15 is 0 Å². The summed E-state index contributed by atoms with van der Waals surface area (Å²) in [7, 11) is 0. The summed E-state index contributed by atoms with van der Waals surface area (Å²) in [6, 6.07) is 9.12. The molecule has 0 saturated carbocycles. The van der Waals surface area contributed by atoms with E-state index in [0.717, 1.165) is 11.3 Å². The number of aromatic nitrogens is 1. The summed E-state index contributed by atoms with van der Waals surface area (Å²) >= 11 is 0. The van der Waals surface area contributed by atoms with E-state index in [9.17, 15) is 4.79 Å². The van der Waals surface area contributed by atoms with Crippen molar-refractivity contribution in [1.29, 1.82) is 0 Å². The molecule has 3 rings (SSSR count). The van der Waals surface area contributed by atoms with Gasteiger partial charge in [0.2, 0.25) is 5.91 Å². The molecule has 1 atom stereocenters. The topological polar surface area (TPSA) is 69.7 Å². The van der Waals surface area contributed by atoms with Crippen LogP contribution < -0.4 is 19.5 Å². The molecular weight excluding hydrogens is 308 g/mol. The first-order valence-electron chi connectivity index (χ1n) is 7.94. The lowest BCUT2D eigenvalue weighted by Crippen LogP contribution is -2.27. The number of carbonyl (C=O) groups excluding carboxylic acids is 1. The lowest BCUT2D eigenvalue weighted by atomic mass is 10.1. The van der Waals surface area contributed by atoms with E-state index in [2.05, 4.69) is 10.3 Å². The monoisotopic (exact) mass is 328 g/mol. The van der Waals surface area contributed by atoms with E-state index in [0.29, 0.717) is 31.3 Å². The van der Waals surface area contributed by atoms with Crippen LogP contribution in [0, 0.1) is 0 Å². The smallest absolute Gasteiger partial charge is 0.223 e. The Labute approximate surface area is 140 Å². The fourth-order valence-electron chi connectivity index (χ4n) is 2.42. The van der Waals surface area contributed by atoms with Crippen LogP contribution in [0.25, 0.3) is 0 Å². The van der Waals surface area contributed by atoms with Crippen molar-refractivity contribution >= 4 is 5.91 Å².